The molecule has 1 aliphatic rings. The van der Waals surface area contributed by atoms with Gasteiger partial charge in [-0.3, -0.25) is 4.79 Å². The molecule has 4 rings (SSSR count). The van der Waals surface area contributed by atoms with Crippen molar-refractivity contribution in [2.45, 2.75) is 24.3 Å². The number of hydrogen-bond donors (Lipinski definition) is 1. The molecule has 2 aromatic heterocycles. The third-order valence-corrected chi connectivity index (χ3v) is 6.89. The van der Waals surface area contributed by atoms with Crippen molar-refractivity contribution in [2.24, 2.45) is 7.05 Å². The highest BCUT2D eigenvalue weighted by molar-refractivity contribution is 7.89. The van der Waals surface area contributed by atoms with Gasteiger partial charge in [0, 0.05) is 44.6 Å². The van der Waals surface area contributed by atoms with Crippen LogP contribution in [0.2, 0.25) is 0 Å². The molecule has 152 valence electrons. The van der Waals surface area contributed by atoms with Crippen molar-refractivity contribution >= 4 is 15.9 Å². The summed E-state index contributed by atoms with van der Waals surface area (Å²) < 4.78 is 30.2. The number of aryl methyl sites for hydroxylation is 1. The van der Waals surface area contributed by atoms with Gasteiger partial charge < -0.3 is 9.88 Å². The van der Waals surface area contributed by atoms with E-state index in [1.54, 1.807) is 22.5 Å². The summed E-state index contributed by atoms with van der Waals surface area (Å²) in [6.45, 7) is 1.36. The molecule has 0 saturated carbocycles. The fraction of sp³-hybridized carbons (Fsp3) is 0.300. The lowest BCUT2D eigenvalue weighted by Gasteiger charge is -2.13. The number of aromatic nitrogens is 3. The van der Waals surface area contributed by atoms with Crippen molar-refractivity contribution < 1.29 is 13.2 Å². The first-order valence-corrected chi connectivity index (χ1v) is 10.9. The molecule has 0 spiro atoms. The van der Waals surface area contributed by atoms with E-state index in [9.17, 15) is 13.2 Å². The molecule has 8 nitrogen and oxygen atoms in total. The van der Waals surface area contributed by atoms with Gasteiger partial charge in [-0.1, -0.05) is 18.2 Å². The van der Waals surface area contributed by atoms with Gasteiger partial charge in [-0.15, -0.1) is 0 Å². The second-order valence-electron chi connectivity index (χ2n) is 7.09. The van der Waals surface area contributed by atoms with E-state index in [0.717, 1.165) is 24.1 Å². The zero-order valence-electron chi connectivity index (χ0n) is 16.2. The Hall–Kier alpha value is -2.91. The van der Waals surface area contributed by atoms with Gasteiger partial charge in [-0.05, 0) is 31.0 Å². The number of carbonyl (C=O) groups excluding carboxylic acids is 1. The second-order valence-corrected chi connectivity index (χ2v) is 9.03. The molecule has 0 radical (unpaired) electrons. The number of rotatable bonds is 6. The molecule has 1 aliphatic heterocycles. The number of carbonyl (C=O) groups is 1. The van der Waals surface area contributed by atoms with Crippen LogP contribution < -0.4 is 5.32 Å². The first-order valence-electron chi connectivity index (χ1n) is 9.49. The normalized spacial score (nSPS) is 14.9. The van der Waals surface area contributed by atoms with E-state index < -0.39 is 10.0 Å². The first-order chi connectivity index (χ1) is 13.9. The number of sulfonamides is 1. The molecule has 9 heteroatoms. The summed E-state index contributed by atoms with van der Waals surface area (Å²) in [5.41, 5.74) is 2.09. The van der Waals surface area contributed by atoms with E-state index in [4.69, 9.17) is 0 Å². The van der Waals surface area contributed by atoms with E-state index in [1.807, 2.05) is 36.5 Å². The van der Waals surface area contributed by atoms with Gasteiger partial charge >= 0.3 is 0 Å². The SMILES string of the molecule is Cn1cc(S(=O)(=O)N2CCCC2)cc1C(=O)NCc1cnn(-c2ccccc2)c1. The second kappa shape index (κ2) is 7.84. The summed E-state index contributed by atoms with van der Waals surface area (Å²) in [4.78, 5) is 12.8. The maximum atomic E-state index is 12.7. The molecule has 1 fully saturated rings. The number of nitrogens with one attached hydrogen (secondary N) is 1. The maximum absolute atomic E-state index is 12.7. The summed E-state index contributed by atoms with van der Waals surface area (Å²) in [7, 11) is -1.88. The summed E-state index contributed by atoms with van der Waals surface area (Å²) in [5.74, 6) is -0.331. The van der Waals surface area contributed by atoms with Crippen LogP contribution in [0.4, 0.5) is 0 Å². The zero-order valence-corrected chi connectivity index (χ0v) is 17.0. The van der Waals surface area contributed by atoms with E-state index in [1.165, 1.54) is 16.6 Å². The third kappa shape index (κ3) is 3.96. The molecule has 1 N–H and O–H groups in total. The molecule has 0 bridgehead atoms. The number of para-hydroxylation sites is 1. The highest BCUT2D eigenvalue weighted by atomic mass is 32.2. The highest BCUT2D eigenvalue weighted by Gasteiger charge is 2.29. The zero-order chi connectivity index (χ0) is 20.4. The van der Waals surface area contributed by atoms with E-state index in [2.05, 4.69) is 10.4 Å². The number of hydrogen-bond acceptors (Lipinski definition) is 4. The minimum Gasteiger partial charge on any atom is -0.347 e. The summed E-state index contributed by atoms with van der Waals surface area (Å²) >= 11 is 0. The lowest BCUT2D eigenvalue weighted by atomic mass is 10.3. The predicted molar refractivity (Wildman–Crippen MR) is 108 cm³/mol. The average molecular weight is 414 g/mol. The highest BCUT2D eigenvalue weighted by Crippen LogP contribution is 2.22. The number of nitrogens with zero attached hydrogens (tertiary/aromatic N) is 4. The fourth-order valence-corrected chi connectivity index (χ4v) is 5.01. The molecule has 29 heavy (non-hydrogen) atoms. The van der Waals surface area contributed by atoms with Gasteiger partial charge in [0.25, 0.3) is 5.91 Å². The minimum absolute atomic E-state index is 0.156. The molecule has 3 heterocycles. The van der Waals surface area contributed by atoms with Crippen LogP contribution in [-0.4, -0.2) is 46.1 Å². The van der Waals surface area contributed by atoms with Crippen molar-refractivity contribution in [2.75, 3.05) is 13.1 Å². The topological polar surface area (TPSA) is 89.2 Å². The monoisotopic (exact) mass is 413 g/mol. The van der Waals surface area contributed by atoms with E-state index in [-0.39, 0.29) is 10.8 Å². The molecule has 3 aromatic rings. The van der Waals surface area contributed by atoms with Crippen molar-refractivity contribution in [3.05, 3.63) is 66.2 Å². The smallest absolute Gasteiger partial charge is 0.268 e. The minimum atomic E-state index is -3.55. The molecule has 0 atom stereocenters. The fourth-order valence-electron chi connectivity index (χ4n) is 3.42. The van der Waals surface area contributed by atoms with Gasteiger partial charge in [-0.2, -0.15) is 9.40 Å². The summed E-state index contributed by atoms with van der Waals surface area (Å²) in [5, 5.41) is 7.14. The Morgan fingerprint density at radius 3 is 2.59 bits per heavy atom. The molecular formula is C20H23N5O3S. The Morgan fingerprint density at radius 1 is 1.14 bits per heavy atom. The van der Waals surface area contributed by atoms with Crippen LogP contribution in [0.3, 0.4) is 0 Å². The number of amides is 1. The molecule has 1 saturated heterocycles. The van der Waals surface area contributed by atoms with Crippen molar-refractivity contribution in [1.82, 2.24) is 24.0 Å². The Bertz CT molecular complexity index is 1110. The largest absolute Gasteiger partial charge is 0.347 e. The van der Waals surface area contributed by atoms with Crippen LogP contribution in [0, 0.1) is 0 Å². The quantitative estimate of drug-likeness (QED) is 0.669. The lowest BCUT2D eigenvalue weighted by molar-refractivity contribution is 0.0942. The van der Waals surface area contributed by atoms with Crippen LogP contribution in [0.1, 0.15) is 28.9 Å². The van der Waals surface area contributed by atoms with E-state index in [0.29, 0.717) is 25.3 Å². The van der Waals surface area contributed by atoms with E-state index >= 15 is 0 Å². The summed E-state index contributed by atoms with van der Waals surface area (Å²) in [6.07, 6.45) is 6.79. The van der Waals surface area contributed by atoms with Crippen molar-refractivity contribution in [3.63, 3.8) is 0 Å². The van der Waals surface area contributed by atoms with Crippen LogP contribution in [0.5, 0.6) is 0 Å². The van der Waals surface area contributed by atoms with Crippen LogP contribution in [0.15, 0.2) is 59.9 Å². The van der Waals surface area contributed by atoms with Crippen molar-refractivity contribution in [3.8, 4) is 5.69 Å². The average Bonchev–Trinajstić information content (AvgIpc) is 3.47. The van der Waals surface area contributed by atoms with Crippen molar-refractivity contribution in [1.29, 1.82) is 0 Å². The Morgan fingerprint density at radius 2 is 1.86 bits per heavy atom. The molecule has 0 aliphatic carbocycles. The predicted octanol–water partition coefficient (Wildman–Crippen LogP) is 1.93. The van der Waals surface area contributed by atoms with Crippen LogP contribution in [-0.2, 0) is 23.6 Å². The van der Waals surface area contributed by atoms with Crippen LogP contribution in [0.25, 0.3) is 5.69 Å². The Kier molecular flexibility index (Phi) is 5.25. The first kappa shape index (κ1) is 19.4. The molecule has 0 unspecified atom stereocenters. The van der Waals surface area contributed by atoms with Gasteiger partial charge in [0.05, 0.1) is 11.9 Å². The molecular weight excluding hydrogens is 390 g/mol. The lowest BCUT2D eigenvalue weighted by Crippen LogP contribution is -2.27. The number of benzene rings is 1. The van der Waals surface area contributed by atoms with Gasteiger partial charge in [0.15, 0.2) is 0 Å². The van der Waals surface area contributed by atoms with Gasteiger partial charge in [-0.25, -0.2) is 13.1 Å². The standard InChI is InChI=1S/C20H23N5O3S/c1-23-15-18(29(27,28)24-9-5-6-10-24)11-19(23)20(26)21-12-16-13-22-25(14-16)17-7-3-2-4-8-17/h2-4,7-8,11,13-15H,5-6,9-10,12H2,1H3,(H,21,26). The molecule has 1 aromatic carbocycles. The van der Waals surface area contributed by atoms with Gasteiger partial charge in [0.1, 0.15) is 10.6 Å². The van der Waals surface area contributed by atoms with Crippen LogP contribution >= 0.6 is 0 Å². The van der Waals surface area contributed by atoms with Gasteiger partial charge in [0.2, 0.25) is 10.0 Å². The molecule has 1 amide bonds. The maximum Gasteiger partial charge on any atom is 0.268 e. The third-order valence-electron chi connectivity index (χ3n) is 5.03. The Balaban J connectivity index is 1.44. The summed E-state index contributed by atoms with van der Waals surface area (Å²) in [6, 6.07) is 11.1. The Labute approximate surface area is 169 Å².